The summed E-state index contributed by atoms with van der Waals surface area (Å²) in [6.07, 6.45) is 9.78. The molecule has 4 aromatic heterocycles. The molecule has 13 heteroatoms. The topological polar surface area (TPSA) is 127 Å². The van der Waals surface area contributed by atoms with Crippen LogP contribution < -0.4 is 15.0 Å². The third-order valence-corrected chi connectivity index (χ3v) is 6.65. The summed E-state index contributed by atoms with van der Waals surface area (Å²) in [6.45, 7) is 1.95. The second kappa shape index (κ2) is 10.7. The number of fused-ring (bicyclic) bond motifs is 1. The Labute approximate surface area is 238 Å². The zero-order valence-electron chi connectivity index (χ0n) is 22.5. The molecule has 42 heavy (non-hydrogen) atoms. The number of benzene rings is 1. The van der Waals surface area contributed by atoms with Crippen LogP contribution in [0.1, 0.15) is 6.92 Å². The lowest BCUT2D eigenvalue weighted by Crippen LogP contribution is -2.54. The Balaban J connectivity index is 1.20. The molecule has 1 aromatic carbocycles. The van der Waals surface area contributed by atoms with E-state index in [0.29, 0.717) is 11.4 Å². The van der Waals surface area contributed by atoms with E-state index >= 15 is 0 Å². The fraction of sp³-hybridized carbons (Fsp3) is 0.138. The maximum Gasteiger partial charge on any atom is 0.505 e. The lowest BCUT2D eigenvalue weighted by molar-refractivity contribution is -0.419. The Morgan fingerprint density at radius 3 is 2.60 bits per heavy atom. The van der Waals surface area contributed by atoms with Crippen LogP contribution >= 0.6 is 0 Å². The lowest BCUT2D eigenvalue weighted by Gasteiger charge is -2.22. The summed E-state index contributed by atoms with van der Waals surface area (Å²) < 4.78 is 24.3. The Bertz CT molecular complexity index is 1860. The van der Waals surface area contributed by atoms with Crippen molar-refractivity contribution >= 4 is 41.0 Å². The third-order valence-electron chi connectivity index (χ3n) is 6.65. The first kappa shape index (κ1) is 26.5. The fourth-order valence-electron chi connectivity index (χ4n) is 4.55. The van der Waals surface area contributed by atoms with E-state index in [1.165, 1.54) is 29.1 Å². The van der Waals surface area contributed by atoms with Crippen molar-refractivity contribution in [3.63, 3.8) is 0 Å². The van der Waals surface area contributed by atoms with Crippen LogP contribution in [0.15, 0.2) is 79.6 Å². The van der Waals surface area contributed by atoms with E-state index in [1.807, 2.05) is 36.1 Å². The van der Waals surface area contributed by atoms with Crippen molar-refractivity contribution in [1.29, 1.82) is 0 Å². The van der Waals surface area contributed by atoms with Gasteiger partial charge in [-0.05, 0) is 49.4 Å². The Kier molecular flexibility index (Phi) is 6.74. The molecule has 1 atom stereocenters. The number of carbonyl (C=O) groups is 3. The van der Waals surface area contributed by atoms with Crippen LogP contribution in [-0.4, -0.2) is 59.3 Å². The molecule has 0 bridgehead atoms. The fourth-order valence-corrected chi connectivity index (χ4v) is 4.55. The van der Waals surface area contributed by atoms with Crippen molar-refractivity contribution in [3.05, 3.63) is 85.5 Å². The normalized spacial score (nSPS) is 15.2. The quantitative estimate of drug-likeness (QED) is 0.234. The van der Waals surface area contributed by atoms with Crippen molar-refractivity contribution < 1.29 is 28.1 Å². The summed E-state index contributed by atoms with van der Waals surface area (Å²) in [5, 5.41) is 6.99. The van der Waals surface area contributed by atoms with Crippen LogP contribution in [-0.2, 0) is 16.6 Å². The van der Waals surface area contributed by atoms with E-state index in [-0.39, 0.29) is 18.1 Å². The van der Waals surface area contributed by atoms with E-state index in [1.54, 1.807) is 36.1 Å². The molecular formula is C29H24FN8O4+. The number of urea groups is 1. The second-order valence-corrected chi connectivity index (χ2v) is 9.50. The zero-order valence-corrected chi connectivity index (χ0v) is 22.5. The number of pyridine rings is 2. The number of ether oxygens (including phenoxy) is 1. The molecule has 0 spiro atoms. The monoisotopic (exact) mass is 567 g/mol. The van der Waals surface area contributed by atoms with Crippen LogP contribution in [0.2, 0.25) is 0 Å². The average Bonchev–Trinajstić information content (AvgIpc) is 3.64. The molecule has 210 valence electrons. The molecule has 1 aliphatic heterocycles. The van der Waals surface area contributed by atoms with E-state index < -0.39 is 29.6 Å². The van der Waals surface area contributed by atoms with Gasteiger partial charge in [0.15, 0.2) is 11.7 Å². The molecule has 0 fully saturated rings. The van der Waals surface area contributed by atoms with Gasteiger partial charge < -0.3 is 14.6 Å². The number of amides is 4. The summed E-state index contributed by atoms with van der Waals surface area (Å²) in [5.41, 5.74) is 2.76. The average molecular weight is 568 g/mol. The highest BCUT2D eigenvalue weighted by atomic mass is 19.1. The highest BCUT2D eigenvalue weighted by Gasteiger charge is 2.47. The lowest BCUT2D eigenvalue weighted by atomic mass is 10.1. The summed E-state index contributed by atoms with van der Waals surface area (Å²) in [6, 6.07) is 11.1. The molecule has 5 heterocycles. The van der Waals surface area contributed by atoms with Crippen molar-refractivity contribution in [2.24, 2.45) is 13.0 Å². The van der Waals surface area contributed by atoms with Gasteiger partial charge in [-0.2, -0.15) is 9.89 Å². The number of rotatable bonds is 7. The van der Waals surface area contributed by atoms with Gasteiger partial charge >= 0.3 is 11.9 Å². The molecule has 6 rings (SSSR count). The summed E-state index contributed by atoms with van der Waals surface area (Å²) in [4.78, 5) is 48.9. The minimum absolute atomic E-state index is 0.165. The van der Waals surface area contributed by atoms with Gasteiger partial charge in [-0.3, -0.25) is 4.79 Å². The standard InChI is InChI=1S/C29H23FN8O4/c1-3-36-15-22(28(40)38(29(36)41)21-7-4-19(30)5-8-21)27(39)34-20-6-9-26(31-13-20)42-25-12-18(23-16-35(2)17-32-23)14-37-24(25)10-11-33-37/h4-17,22H,3H2,1-2H3/p+1. The van der Waals surface area contributed by atoms with Gasteiger partial charge in [0.1, 0.15) is 17.0 Å². The first-order chi connectivity index (χ1) is 20.3. The van der Waals surface area contributed by atoms with E-state index in [9.17, 15) is 18.8 Å². The predicted molar refractivity (Wildman–Crippen MR) is 150 cm³/mol. The van der Waals surface area contributed by atoms with Crippen molar-refractivity contribution in [3.8, 4) is 22.9 Å². The molecule has 1 unspecified atom stereocenters. The number of imidazole rings is 1. The molecule has 1 aliphatic rings. The molecule has 0 saturated heterocycles. The first-order valence-corrected chi connectivity index (χ1v) is 13.0. The van der Waals surface area contributed by atoms with Crippen LogP contribution in [0.5, 0.6) is 11.6 Å². The van der Waals surface area contributed by atoms with Crippen LogP contribution in [0.4, 0.5) is 20.6 Å². The van der Waals surface area contributed by atoms with Crippen molar-refractivity contribution in [2.45, 2.75) is 6.92 Å². The maximum atomic E-state index is 13.4. The zero-order chi connectivity index (χ0) is 29.4. The summed E-state index contributed by atoms with van der Waals surface area (Å²) in [7, 11) is 1.88. The molecule has 0 saturated carbocycles. The highest BCUT2D eigenvalue weighted by molar-refractivity contribution is 6.28. The van der Waals surface area contributed by atoms with Crippen LogP contribution in [0.3, 0.4) is 0 Å². The highest BCUT2D eigenvalue weighted by Crippen LogP contribution is 2.30. The number of nitrogens with one attached hydrogen (secondary N) is 1. The van der Waals surface area contributed by atoms with E-state index in [4.69, 9.17) is 4.74 Å². The second-order valence-electron chi connectivity index (χ2n) is 9.50. The van der Waals surface area contributed by atoms with Gasteiger partial charge in [0.05, 0.1) is 42.9 Å². The molecule has 1 N–H and O–H groups in total. The Morgan fingerprint density at radius 2 is 1.90 bits per heavy atom. The number of carbonyl (C=O) groups excluding carboxylic acids is 3. The van der Waals surface area contributed by atoms with E-state index in [2.05, 4.69) is 20.4 Å². The predicted octanol–water partition coefficient (Wildman–Crippen LogP) is 3.89. The Morgan fingerprint density at radius 1 is 1.10 bits per heavy atom. The van der Waals surface area contributed by atoms with Crippen LogP contribution in [0.25, 0.3) is 16.8 Å². The first-order valence-electron chi connectivity index (χ1n) is 13.0. The number of imide groups is 1. The van der Waals surface area contributed by atoms with Crippen molar-refractivity contribution in [2.75, 3.05) is 16.8 Å². The van der Waals surface area contributed by atoms with Gasteiger partial charge in [-0.1, -0.05) is 0 Å². The summed E-state index contributed by atoms with van der Waals surface area (Å²) >= 11 is 0. The molecular weight excluding hydrogens is 543 g/mol. The molecule has 4 amide bonds. The largest absolute Gasteiger partial charge is 0.505 e. The summed E-state index contributed by atoms with van der Waals surface area (Å²) in [5.74, 6) is -2.45. The minimum Gasteiger partial charge on any atom is -0.437 e. The molecule has 0 aliphatic carbocycles. The van der Waals surface area contributed by atoms with Gasteiger partial charge in [-0.15, -0.1) is 4.90 Å². The van der Waals surface area contributed by atoms with Gasteiger partial charge in [0, 0.05) is 31.1 Å². The molecule has 5 aromatic rings. The third kappa shape index (κ3) is 4.98. The van der Waals surface area contributed by atoms with Crippen molar-refractivity contribution in [1.82, 2.24) is 24.1 Å². The number of hydrogen-bond donors (Lipinski definition) is 1. The number of halogens is 1. The number of nitrogens with zero attached hydrogens (tertiary/aromatic N) is 7. The van der Waals surface area contributed by atoms with Gasteiger partial charge in [0.2, 0.25) is 11.8 Å². The smallest absolute Gasteiger partial charge is 0.437 e. The van der Waals surface area contributed by atoms with Crippen LogP contribution in [0, 0.1) is 11.7 Å². The molecule has 0 radical (unpaired) electrons. The number of hydrogen-bond acceptors (Lipinski definition) is 7. The number of aromatic nitrogens is 5. The van der Waals surface area contributed by atoms with E-state index in [0.717, 1.165) is 33.8 Å². The number of aryl methyl sites for hydroxylation is 1. The van der Waals surface area contributed by atoms with Gasteiger partial charge in [0.25, 0.3) is 0 Å². The molecule has 12 nitrogen and oxygen atoms in total. The maximum absolute atomic E-state index is 13.4. The number of anilines is 2. The van der Waals surface area contributed by atoms with Gasteiger partial charge in [-0.25, -0.2) is 28.2 Å². The SMILES string of the molecule is CC[N+]1=CC(C(=O)Nc2ccc(Oc3cc(-c4cn(C)cn4)cn4nccc34)nc2)C(=O)N(c2ccc(F)cc2)C1=O. The minimum atomic E-state index is -1.30. The Hall–Kier alpha value is -5.72.